The van der Waals surface area contributed by atoms with Crippen LogP contribution < -0.4 is 11.3 Å². The largest absolute Gasteiger partial charge is 0.323 e. The lowest BCUT2D eigenvalue weighted by Crippen LogP contribution is -2.15. The smallest absolute Gasteiger partial charge is 0.251 e. The highest BCUT2D eigenvalue weighted by Gasteiger charge is 2.13. The highest BCUT2D eigenvalue weighted by molar-refractivity contribution is 7.99. The zero-order chi connectivity index (χ0) is 13.8. The van der Waals surface area contributed by atoms with E-state index >= 15 is 0 Å². The summed E-state index contributed by atoms with van der Waals surface area (Å²) in [7, 11) is 0. The zero-order valence-electron chi connectivity index (χ0n) is 9.77. The molecule has 1 heterocycles. The number of aromatic nitrogens is 2. The maximum Gasteiger partial charge on any atom is 0.251 e. The van der Waals surface area contributed by atoms with Gasteiger partial charge in [0, 0.05) is 35.7 Å². The molecule has 1 aromatic carbocycles. The van der Waals surface area contributed by atoms with Gasteiger partial charge in [-0.3, -0.25) is 4.79 Å². The molecule has 0 aliphatic rings. The quantitative estimate of drug-likeness (QED) is 0.663. The van der Waals surface area contributed by atoms with E-state index in [0.717, 1.165) is 12.1 Å². The van der Waals surface area contributed by atoms with Gasteiger partial charge in [0.25, 0.3) is 5.56 Å². The van der Waals surface area contributed by atoms with Gasteiger partial charge in [0.2, 0.25) is 0 Å². The van der Waals surface area contributed by atoms with Crippen LogP contribution in [-0.4, -0.2) is 15.7 Å². The van der Waals surface area contributed by atoms with Crippen LogP contribution in [-0.2, 0) is 0 Å². The number of nitrogens with one attached hydrogen (secondary N) is 1. The summed E-state index contributed by atoms with van der Waals surface area (Å²) in [4.78, 5) is 17.5. The molecule has 4 nitrogen and oxygen atoms in total. The van der Waals surface area contributed by atoms with Crippen LogP contribution >= 0.6 is 11.8 Å². The third-order valence-corrected chi connectivity index (χ3v) is 3.42. The lowest BCUT2D eigenvalue weighted by molar-refractivity contribution is 0.563. The Kier molecular flexibility index (Phi) is 4.28. The monoisotopic (exact) mass is 283 g/mol. The Morgan fingerprint density at radius 1 is 1.37 bits per heavy atom. The van der Waals surface area contributed by atoms with E-state index in [2.05, 4.69) is 9.97 Å². The number of rotatable bonds is 4. The van der Waals surface area contributed by atoms with Gasteiger partial charge in [0.15, 0.2) is 5.16 Å². The molecular formula is C12H11F2N3OS. The van der Waals surface area contributed by atoms with Gasteiger partial charge < -0.3 is 10.7 Å². The first-order valence-corrected chi connectivity index (χ1v) is 6.43. The van der Waals surface area contributed by atoms with Crippen LogP contribution in [0.4, 0.5) is 8.78 Å². The maximum absolute atomic E-state index is 13.5. The molecule has 0 spiro atoms. The number of nitrogens with two attached hydrogens (primary N) is 1. The second-order valence-corrected chi connectivity index (χ2v) is 4.83. The lowest BCUT2D eigenvalue weighted by Gasteiger charge is -2.12. The van der Waals surface area contributed by atoms with Gasteiger partial charge in [-0.1, -0.05) is 17.8 Å². The van der Waals surface area contributed by atoms with E-state index in [9.17, 15) is 13.6 Å². The standard InChI is InChI=1S/C12H11F2N3OS/c13-7-1-2-8(9(14)5-7)10(15)6-19-12-16-4-3-11(18)17-12/h1-5,10H,6,15H2,(H,16,17,18). The number of thioether (sulfide) groups is 1. The lowest BCUT2D eigenvalue weighted by atomic mass is 10.1. The molecule has 2 rings (SSSR count). The maximum atomic E-state index is 13.5. The molecule has 1 aromatic heterocycles. The van der Waals surface area contributed by atoms with E-state index in [-0.39, 0.29) is 11.1 Å². The summed E-state index contributed by atoms with van der Waals surface area (Å²) in [5.74, 6) is -1.01. The minimum atomic E-state index is -0.678. The van der Waals surface area contributed by atoms with Gasteiger partial charge in [-0.15, -0.1) is 0 Å². The molecule has 7 heteroatoms. The third-order valence-electron chi connectivity index (χ3n) is 2.41. The fraction of sp³-hybridized carbons (Fsp3) is 0.167. The highest BCUT2D eigenvalue weighted by Crippen LogP contribution is 2.22. The van der Waals surface area contributed by atoms with Crippen molar-refractivity contribution in [2.75, 3.05) is 5.75 Å². The summed E-state index contributed by atoms with van der Waals surface area (Å²) < 4.78 is 26.3. The van der Waals surface area contributed by atoms with Gasteiger partial charge >= 0.3 is 0 Å². The van der Waals surface area contributed by atoms with E-state index < -0.39 is 17.7 Å². The molecule has 1 atom stereocenters. The van der Waals surface area contributed by atoms with Crippen molar-refractivity contribution in [1.29, 1.82) is 0 Å². The Labute approximate surface area is 112 Å². The minimum Gasteiger partial charge on any atom is -0.323 e. The number of hydrogen-bond acceptors (Lipinski definition) is 4. The molecule has 0 bridgehead atoms. The van der Waals surface area contributed by atoms with Gasteiger partial charge in [0.05, 0.1) is 0 Å². The average molecular weight is 283 g/mol. The van der Waals surface area contributed by atoms with Crippen LogP contribution in [0.3, 0.4) is 0 Å². The summed E-state index contributed by atoms with van der Waals surface area (Å²) in [6, 6.07) is 3.95. The number of hydrogen-bond donors (Lipinski definition) is 2. The summed E-state index contributed by atoms with van der Waals surface area (Å²) in [6.45, 7) is 0. The van der Waals surface area contributed by atoms with Crippen molar-refractivity contribution in [2.45, 2.75) is 11.2 Å². The van der Waals surface area contributed by atoms with Crippen molar-refractivity contribution in [2.24, 2.45) is 5.73 Å². The minimum absolute atomic E-state index is 0.229. The van der Waals surface area contributed by atoms with E-state index in [1.165, 1.54) is 30.1 Å². The van der Waals surface area contributed by atoms with Crippen LogP contribution in [0, 0.1) is 11.6 Å². The summed E-state index contributed by atoms with van der Waals surface area (Å²) in [5, 5.41) is 0.408. The van der Waals surface area contributed by atoms with Gasteiger partial charge in [-0.2, -0.15) is 0 Å². The summed E-state index contributed by atoms with van der Waals surface area (Å²) in [6.07, 6.45) is 1.38. The number of nitrogens with zero attached hydrogens (tertiary/aromatic N) is 1. The Balaban J connectivity index is 2.05. The van der Waals surface area contributed by atoms with E-state index in [1.807, 2.05) is 0 Å². The third kappa shape index (κ3) is 3.62. The average Bonchev–Trinajstić information content (AvgIpc) is 2.36. The van der Waals surface area contributed by atoms with Gasteiger partial charge in [0.1, 0.15) is 11.6 Å². The molecule has 0 saturated carbocycles. The van der Waals surface area contributed by atoms with Crippen molar-refractivity contribution < 1.29 is 8.78 Å². The molecule has 0 aliphatic carbocycles. The Hall–Kier alpha value is -1.73. The number of benzene rings is 1. The predicted octanol–water partition coefficient (Wildman–Crippen LogP) is 1.84. The molecular weight excluding hydrogens is 272 g/mol. The second kappa shape index (κ2) is 5.94. The molecule has 0 radical (unpaired) electrons. The van der Waals surface area contributed by atoms with Gasteiger partial charge in [-0.25, -0.2) is 13.8 Å². The molecule has 2 aromatic rings. The van der Waals surface area contributed by atoms with Crippen molar-refractivity contribution in [1.82, 2.24) is 9.97 Å². The predicted molar refractivity (Wildman–Crippen MR) is 68.9 cm³/mol. The van der Waals surface area contributed by atoms with Crippen LogP contribution in [0.15, 0.2) is 40.4 Å². The van der Waals surface area contributed by atoms with Crippen LogP contribution in [0.1, 0.15) is 11.6 Å². The van der Waals surface area contributed by atoms with E-state index in [1.54, 1.807) is 0 Å². The first-order valence-electron chi connectivity index (χ1n) is 5.45. The van der Waals surface area contributed by atoms with Crippen LogP contribution in [0.25, 0.3) is 0 Å². The molecule has 0 aliphatic heterocycles. The summed E-state index contributed by atoms with van der Waals surface area (Å²) >= 11 is 1.20. The Morgan fingerprint density at radius 2 is 2.16 bits per heavy atom. The topological polar surface area (TPSA) is 71.8 Å². The molecule has 19 heavy (non-hydrogen) atoms. The SMILES string of the molecule is NC(CSc1nccc(=O)[nH]1)c1ccc(F)cc1F. The van der Waals surface area contributed by atoms with E-state index in [4.69, 9.17) is 5.73 Å². The first kappa shape index (κ1) is 13.7. The van der Waals surface area contributed by atoms with Crippen LogP contribution in [0.2, 0.25) is 0 Å². The number of aromatic amines is 1. The van der Waals surface area contributed by atoms with E-state index in [0.29, 0.717) is 10.9 Å². The summed E-state index contributed by atoms with van der Waals surface area (Å²) in [5.41, 5.74) is 5.79. The number of H-pyrrole nitrogens is 1. The first-order chi connectivity index (χ1) is 9.06. The number of halogens is 2. The molecule has 3 N–H and O–H groups in total. The molecule has 0 amide bonds. The molecule has 0 fully saturated rings. The van der Waals surface area contributed by atoms with Crippen molar-refractivity contribution in [3.8, 4) is 0 Å². The van der Waals surface area contributed by atoms with Crippen molar-refractivity contribution in [3.05, 3.63) is 58.0 Å². The molecule has 1 unspecified atom stereocenters. The second-order valence-electron chi connectivity index (χ2n) is 3.82. The highest BCUT2D eigenvalue weighted by atomic mass is 32.2. The molecule has 0 saturated heterocycles. The van der Waals surface area contributed by atoms with Crippen molar-refractivity contribution in [3.63, 3.8) is 0 Å². The normalized spacial score (nSPS) is 12.4. The molecule has 100 valence electrons. The van der Waals surface area contributed by atoms with Crippen LogP contribution in [0.5, 0.6) is 0 Å². The van der Waals surface area contributed by atoms with Gasteiger partial charge in [-0.05, 0) is 6.07 Å². The van der Waals surface area contributed by atoms with Crippen molar-refractivity contribution >= 4 is 11.8 Å². The Morgan fingerprint density at radius 3 is 2.84 bits per heavy atom. The zero-order valence-corrected chi connectivity index (χ0v) is 10.6. The fourth-order valence-corrected chi connectivity index (χ4v) is 2.31. The fourth-order valence-electron chi connectivity index (χ4n) is 1.49. The Bertz CT molecular complexity index is 632.